The number of H-pyrrole nitrogens is 1. The van der Waals surface area contributed by atoms with E-state index in [4.69, 9.17) is 0 Å². The SMILES string of the molecule is Cc1n[nH]c(C)c1S(=O)(=O)N1CCC[C@@H]1C(=O)NC1CCCCC1. The van der Waals surface area contributed by atoms with E-state index < -0.39 is 16.1 Å². The standard InChI is InChI=1S/C16H26N4O3S/c1-11-15(12(2)19-18-11)24(22,23)20-10-6-9-14(20)16(21)17-13-7-4-3-5-8-13/h13-14H,3-10H2,1-2H3,(H,17,21)(H,18,19)/t14-/m1/s1. The zero-order chi connectivity index (χ0) is 17.3. The van der Waals surface area contributed by atoms with Crippen molar-refractivity contribution in [3.63, 3.8) is 0 Å². The number of carbonyl (C=O) groups excluding carboxylic acids is 1. The van der Waals surface area contributed by atoms with E-state index in [1.54, 1.807) is 13.8 Å². The van der Waals surface area contributed by atoms with E-state index >= 15 is 0 Å². The van der Waals surface area contributed by atoms with Crippen LogP contribution in [0.4, 0.5) is 0 Å². The molecule has 2 N–H and O–H groups in total. The van der Waals surface area contributed by atoms with Crippen LogP contribution in [0.5, 0.6) is 0 Å². The number of nitrogens with zero attached hydrogens (tertiary/aromatic N) is 2. The van der Waals surface area contributed by atoms with Crippen molar-refractivity contribution in [2.75, 3.05) is 6.54 Å². The Balaban J connectivity index is 1.78. The summed E-state index contributed by atoms with van der Waals surface area (Å²) < 4.78 is 27.4. The maximum absolute atomic E-state index is 13.0. The van der Waals surface area contributed by atoms with Crippen LogP contribution in [0.3, 0.4) is 0 Å². The van der Waals surface area contributed by atoms with Crippen LogP contribution >= 0.6 is 0 Å². The van der Waals surface area contributed by atoms with Crippen LogP contribution in [0, 0.1) is 13.8 Å². The van der Waals surface area contributed by atoms with Gasteiger partial charge in [-0.1, -0.05) is 19.3 Å². The van der Waals surface area contributed by atoms with Gasteiger partial charge in [0.1, 0.15) is 10.9 Å². The molecule has 134 valence electrons. The quantitative estimate of drug-likeness (QED) is 0.859. The van der Waals surface area contributed by atoms with E-state index in [0.717, 1.165) is 25.7 Å². The molecule has 1 aromatic rings. The smallest absolute Gasteiger partial charge is 0.247 e. The Kier molecular flexibility index (Phi) is 4.96. The number of aryl methyl sites for hydroxylation is 2. The van der Waals surface area contributed by atoms with Crippen LogP contribution in [-0.4, -0.2) is 47.5 Å². The molecule has 1 atom stereocenters. The lowest BCUT2D eigenvalue weighted by molar-refractivity contribution is -0.125. The summed E-state index contributed by atoms with van der Waals surface area (Å²) in [7, 11) is -3.71. The van der Waals surface area contributed by atoms with Gasteiger partial charge in [0.15, 0.2) is 0 Å². The third kappa shape index (κ3) is 3.21. The molecule has 7 nitrogen and oxygen atoms in total. The monoisotopic (exact) mass is 354 g/mol. The number of hydrogen-bond acceptors (Lipinski definition) is 4. The fraction of sp³-hybridized carbons (Fsp3) is 0.750. The maximum Gasteiger partial charge on any atom is 0.247 e. The fourth-order valence-corrected chi connectivity index (χ4v) is 5.86. The number of aromatic amines is 1. The third-order valence-corrected chi connectivity index (χ3v) is 7.26. The van der Waals surface area contributed by atoms with Gasteiger partial charge in [-0.25, -0.2) is 8.42 Å². The highest BCUT2D eigenvalue weighted by Crippen LogP contribution is 2.29. The molecule has 24 heavy (non-hydrogen) atoms. The molecule has 1 aromatic heterocycles. The van der Waals surface area contributed by atoms with E-state index in [0.29, 0.717) is 30.8 Å². The van der Waals surface area contributed by atoms with Gasteiger partial charge >= 0.3 is 0 Å². The van der Waals surface area contributed by atoms with Crippen LogP contribution in [-0.2, 0) is 14.8 Å². The van der Waals surface area contributed by atoms with Gasteiger partial charge in [-0.15, -0.1) is 0 Å². The lowest BCUT2D eigenvalue weighted by Crippen LogP contribution is -2.49. The number of sulfonamides is 1. The molecule has 3 rings (SSSR count). The highest BCUT2D eigenvalue weighted by Gasteiger charge is 2.41. The van der Waals surface area contributed by atoms with Gasteiger partial charge in [-0.05, 0) is 39.5 Å². The predicted octanol–water partition coefficient (Wildman–Crippen LogP) is 1.63. The Hall–Kier alpha value is -1.41. The molecule has 8 heteroatoms. The lowest BCUT2D eigenvalue weighted by Gasteiger charge is -2.28. The molecule has 1 aliphatic heterocycles. The first kappa shape index (κ1) is 17.4. The average Bonchev–Trinajstić information content (AvgIpc) is 3.16. The zero-order valence-corrected chi connectivity index (χ0v) is 15.2. The Labute approximate surface area is 143 Å². The molecule has 1 aliphatic carbocycles. The second-order valence-corrected chi connectivity index (χ2v) is 8.71. The van der Waals surface area contributed by atoms with Crippen molar-refractivity contribution in [2.24, 2.45) is 0 Å². The summed E-state index contributed by atoms with van der Waals surface area (Å²) in [5, 5.41) is 9.77. The first-order valence-corrected chi connectivity index (χ1v) is 10.2. The Morgan fingerprint density at radius 2 is 1.88 bits per heavy atom. The zero-order valence-electron chi connectivity index (χ0n) is 14.3. The van der Waals surface area contributed by atoms with Gasteiger partial charge in [0, 0.05) is 12.6 Å². The molecule has 0 spiro atoms. The minimum absolute atomic E-state index is 0.151. The molecule has 1 saturated carbocycles. The topological polar surface area (TPSA) is 95.2 Å². The number of amides is 1. The maximum atomic E-state index is 13.0. The van der Waals surface area contributed by atoms with Crippen molar-refractivity contribution in [1.29, 1.82) is 0 Å². The van der Waals surface area contributed by atoms with Crippen molar-refractivity contribution in [3.8, 4) is 0 Å². The highest BCUT2D eigenvalue weighted by atomic mass is 32.2. The van der Waals surface area contributed by atoms with E-state index in [1.807, 2.05) is 0 Å². The molecule has 0 bridgehead atoms. The molecule has 1 saturated heterocycles. The molecular weight excluding hydrogens is 328 g/mol. The van der Waals surface area contributed by atoms with Gasteiger partial charge in [-0.2, -0.15) is 9.40 Å². The molecule has 2 aliphatic rings. The Bertz CT molecular complexity index is 687. The summed E-state index contributed by atoms with van der Waals surface area (Å²) in [4.78, 5) is 12.9. The first-order valence-electron chi connectivity index (χ1n) is 8.75. The van der Waals surface area contributed by atoms with Crippen LogP contribution in [0.25, 0.3) is 0 Å². The summed E-state index contributed by atoms with van der Waals surface area (Å²) in [6.07, 6.45) is 6.74. The van der Waals surface area contributed by atoms with Gasteiger partial charge in [-0.3, -0.25) is 9.89 Å². The minimum Gasteiger partial charge on any atom is -0.352 e. The summed E-state index contributed by atoms with van der Waals surface area (Å²) in [5.74, 6) is -0.151. The van der Waals surface area contributed by atoms with Crippen LogP contribution < -0.4 is 5.32 Å². The fourth-order valence-electron chi connectivity index (χ4n) is 3.87. The van der Waals surface area contributed by atoms with Crippen molar-refractivity contribution in [2.45, 2.75) is 75.8 Å². The molecule has 0 aromatic carbocycles. The highest BCUT2D eigenvalue weighted by molar-refractivity contribution is 7.89. The second-order valence-electron chi connectivity index (χ2n) is 6.88. The number of carbonyl (C=O) groups is 1. The average molecular weight is 354 g/mol. The van der Waals surface area contributed by atoms with E-state index in [2.05, 4.69) is 15.5 Å². The lowest BCUT2D eigenvalue weighted by atomic mass is 9.95. The van der Waals surface area contributed by atoms with Crippen LogP contribution in [0.1, 0.15) is 56.3 Å². The third-order valence-electron chi connectivity index (χ3n) is 5.09. The Morgan fingerprint density at radius 1 is 1.17 bits per heavy atom. The summed E-state index contributed by atoms with van der Waals surface area (Å²) in [6.45, 7) is 3.75. The Morgan fingerprint density at radius 3 is 2.50 bits per heavy atom. The first-order chi connectivity index (χ1) is 11.4. The predicted molar refractivity (Wildman–Crippen MR) is 90.0 cm³/mol. The normalized spacial score (nSPS) is 23.5. The molecule has 1 amide bonds. The number of rotatable bonds is 4. The van der Waals surface area contributed by atoms with Crippen LogP contribution in [0.2, 0.25) is 0 Å². The summed E-state index contributed by atoms with van der Waals surface area (Å²) in [6, 6.07) is -0.417. The second kappa shape index (κ2) is 6.84. The largest absolute Gasteiger partial charge is 0.352 e. The van der Waals surface area contributed by atoms with Crippen molar-refractivity contribution in [3.05, 3.63) is 11.4 Å². The summed E-state index contributed by atoms with van der Waals surface area (Å²) in [5.41, 5.74) is 0.969. The molecule has 0 radical (unpaired) electrons. The van der Waals surface area contributed by atoms with E-state index in [-0.39, 0.29) is 16.8 Å². The van der Waals surface area contributed by atoms with E-state index in [9.17, 15) is 13.2 Å². The molecule has 0 unspecified atom stereocenters. The van der Waals surface area contributed by atoms with Gasteiger partial charge in [0.2, 0.25) is 15.9 Å². The number of aromatic nitrogens is 2. The van der Waals surface area contributed by atoms with Gasteiger partial charge in [0.05, 0.1) is 11.4 Å². The van der Waals surface area contributed by atoms with E-state index in [1.165, 1.54) is 10.7 Å². The number of hydrogen-bond donors (Lipinski definition) is 2. The van der Waals surface area contributed by atoms with Crippen LogP contribution in [0.15, 0.2) is 4.90 Å². The van der Waals surface area contributed by atoms with Crippen molar-refractivity contribution in [1.82, 2.24) is 19.8 Å². The summed E-state index contributed by atoms with van der Waals surface area (Å²) >= 11 is 0. The van der Waals surface area contributed by atoms with Gasteiger partial charge in [0.25, 0.3) is 0 Å². The molecule has 2 heterocycles. The van der Waals surface area contributed by atoms with Crippen molar-refractivity contribution < 1.29 is 13.2 Å². The van der Waals surface area contributed by atoms with Gasteiger partial charge < -0.3 is 5.32 Å². The minimum atomic E-state index is -3.71. The molecule has 2 fully saturated rings. The number of nitrogens with one attached hydrogen (secondary N) is 2. The molecular formula is C16H26N4O3S. The van der Waals surface area contributed by atoms with Crippen molar-refractivity contribution >= 4 is 15.9 Å².